The maximum Gasteiger partial charge on any atom is 0.283 e. The van der Waals surface area contributed by atoms with Gasteiger partial charge in [-0.05, 0) is 23.3 Å². The molecule has 7 heteroatoms. The first-order valence-electron chi connectivity index (χ1n) is 11.2. The fourth-order valence-electron chi connectivity index (χ4n) is 4.71. The van der Waals surface area contributed by atoms with Gasteiger partial charge >= 0.3 is 0 Å². The van der Waals surface area contributed by atoms with E-state index in [1.165, 1.54) is 11.1 Å². The van der Waals surface area contributed by atoms with Crippen LogP contribution in [0.1, 0.15) is 17.2 Å². The lowest BCUT2D eigenvalue weighted by Crippen LogP contribution is -2.48. The number of carbonyl (C=O) groups excluding carboxylic acids is 2. The Morgan fingerprint density at radius 1 is 0.647 bits per heavy atom. The molecule has 5 nitrogen and oxygen atoms in total. The molecule has 2 aliphatic rings. The van der Waals surface area contributed by atoms with Crippen molar-refractivity contribution in [1.29, 1.82) is 0 Å². The van der Waals surface area contributed by atoms with E-state index in [1.807, 2.05) is 17.0 Å². The predicted molar refractivity (Wildman–Crippen MR) is 135 cm³/mol. The lowest BCUT2D eigenvalue weighted by atomic mass is 9.96. The van der Waals surface area contributed by atoms with Crippen LogP contribution in [0.4, 0.5) is 5.69 Å². The number of carbonyl (C=O) groups is 2. The molecule has 0 radical (unpaired) electrons. The van der Waals surface area contributed by atoms with E-state index in [0.29, 0.717) is 23.8 Å². The van der Waals surface area contributed by atoms with Crippen molar-refractivity contribution in [3.8, 4) is 0 Å². The van der Waals surface area contributed by atoms with Crippen molar-refractivity contribution in [2.24, 2.45) is 0 Å². The van der Waals surface area contributed by atoms with Gasteiger partial charge < -0.3 is 4.90 Å². The largest absolute Gasteiger partial charge is 0.363 e. The maximum atomic E-state index is 13.3. The number of benzene rings is 3. The van der Waals surface area contributed by atoms with E-state index in [2.05, 4.69) is 53.4 Å². The van der Waals surface area contributed by atoms with Crippen LogP contribution in [0.5, 0.6) is 0 Å². The van der Waals surface area contributed by atoms with Crippen LogP contribution in [0, 0.1) is 0 Å². The normalized spacial score (nSPS) is 17.3. The maximum absolute atomic E-state index is 13.3. The van der Waals surface area contributed by atoms with Crippen LogP contribution >= 0.6 is 23.2 Å². The standard InChI is InChI=1S/C27H23Cl2N3O2/c28-21-13-7-8-14-22(21)32-26(33)23(29)25(27(32)34)31-17-15-30(16-18-31)24(19-9-3-1-4-10-19)20-11-5-2-6-12-20/h1-14,24H,15-18H2. The molecule has 2 aliphatic heterocycles. The lowest BCUT2D eigenvalue weighted by Gasteiger charge is -2.40. The quantitative estimate of drug-likeness (QED) is 0.467. The molecule has 2 heterocycles. The van der Waals surface area contributed by atoms with Gasteiger partial charge in [-0.15, -0.1) is 0 Å². The monoisotopic (exact) mass is 491 g/mol. The second-order valence-corrected chi connectivity index (χ2v) is 9.09. The Kier molecular flexibility index (Phi) is 6.42. The summed E-state index contributed by atoms with van der Waals surface area (Å²) in [6.07, 6.45) is 0. The third-order valence-corrected chi connectivity index (χ3v) is 6.98. The van der Waals surface area contributed by atoms with Crippen molar-refractivity contribution in [2.75, 3.05) is 31.1 Å². The topological polar surface area (TPSA) is 43.9 Å². The van der Waals surface area contributed by atoms with E-state index < -0.39 is 11.8 Å². The SMILES string of the molecule is O=C1C(Cl)=C(N2CCN(C(c3ccccc3)c3ccccc3)CC2)C(=O)N1c1ccccc1Cl. The van der Waals surface area contributed by atoms with Gasteiger partial charge in [-0.1, -0.05) is 96.0 Å². The predicted octanol–water partition coefficient (Wildman–Crippen LogP) is 5.07. The number of rotatable bonds is 5. The summed E-state index contributed by atoms with van der Waals surface area (Å²) in [5.74, 6) is -0.970. The van der Waals surface area contributed by atoms with Gasteiger partial charge in [0.05, 0.1) is 16.8 Å². The molecule has 1 fully saturated rings. The molecule has 0 unspecified atom stereocenters. The summed E-state index contributed by atoms with van der Waals surface area (Å²) in [5.41, 5.74) is 3.04. The first-order valence-corrected chi connectivity index (χ1v) is 11.9. The summed E-state index contributed by atoms with van der Waals surface area (Å²) in [5, 5.41) is 0.273. The number of hydrogen-bond acceptors (Lipinski definition) is 4. The smallest absolute Gasteiger partial charge is 0.283 e. The Balaban J connectivity index is 1.37. The van der Waals surface area contributed by atoms with Gasteiger partial charge in [-0.3, -0.25) is 14.5 Å². The van der Waals surface area contributed by atoms with Gasteiger partial charge in [-0.2, -0.15) is 0 Å². The Morgan fingerprint density at radius 3 is 1.74 bits per heavy atom. The number of piperazine rings is 1. The summed E-state index contributed by atoms with van der Waals surface area (Å²) in [4.78, 5) is 31.6. The Hall–Kier alpha value is -3.12. The fraction of sp³-hybridized carbons (Fsp3) is 0.185. The van der Waals surface area contributed by atoms with Crippen molar-refractivity contribution < 1.29 is 9.59 Å². The molecule has 0 saturated carbocycles. The highest BCUT2D eigenvalue weighted by Gasteiger charge is 2.43. The average molecular weight is 492 g/mol. The molecule has 0 spiro atoms. The van der Waals surface area contributed by atoms with Crippen LogP contribution in [0.25, 0.3) is 0 Å². The molecule has 0 aromatic heterocycles. The van der Waals surface area contributed by atoms with Crippen molar-refractivity contribution in [1.82, 2.24) is 9.80 Å². The molecule has 0 N–H and O–H groups in total. The van der Waals surface area contributed by atoms with Crippen LogP contribution in [0.15, 0.2) is 95.7 Å². The first-order chi connectivity index (χ1) is 16.6. The highest BCUT2D eigenvalue weighted by Crippen LogP contribution is 2.36. The van der Waals surface area contributed by atoms with E-state index in [1.54, 1.807) is 24.3 Å². The van der Waals surface area contributed by atoms with Crippen LogP contribution in [0.3, 0.4) is 0 Å². The van der Waals surface area contributed by atoms with Gasteiger partial charge in [0, 0.05) is 26.2 Å². The molecule has 5 rings (SSSR count). The third kappa shape index (κ3) is 4.11. The molecule has 0 atom stereocenters. The summed E-state index contributed by atoms with van der Waals surface area (Å²) < 4.78 is 0. The molecule has 3 aromatic carbocycles. The van der Waals surface area contributed by atoms with E-state index in [0.717, 1.165) is 18.0 Å². The minimum atomic E-state index is -0.538. The van der Waals surface area contributed by atoms with E-state index in [4.69, 9.17) is 23.2 Å². The van der Waals surface area contributed by atoms with Crippen LogP contribution < -0.4 is 4.90 Å². The number of imide groups is 1. The third-order valence-electron chi connectivity index (χ3n) is 6.32. The zero-order valence-electron chi connectivity index (χ0n) is 18.4. The number of halogens is 2. The zero-order valence-corrected chi connectivity index (χ0v) is 19.9. The Morgan fingerprint density at radius 2 is 1.18 bits per heavy atom. The van der Waals surface area contributed by atoms with Gasteiger partial charge in [0.25, 0.3) is 11.8 Å². The molecular weight excluding hydrogens is 469 g/mol. The first kappa shape index (κ1) is 22.7. The number of hydrogen-bond donors (Lipinski definition) is 0. The van der Waals surface area contributed by atoms with Crippen molar-refractivity contribution in [3.63, 3.8) is 0 Å². The molecule has 0 bridgehead atoms. The zero-order chi connectivity index (χ0) is 23.7. The Bertz CT molecular complexity index is 1200. The van der Waals surface area contributed by atoms with Gasteiger partial charge in [0.2, 0.25) is 0 Å². The highest BCUT2D eigenvalue weighted by atomic mass is 35.5. The van der Waals surface area contributed by atoms with E-state index >= 15 is 0 Å². The summed E-state index contributed by atoms with van der Waals surface area (Å²) >= 11 is 12.7. The lowest BCUT2D eigenvalue weighted by molar-refractivity contribution is -0.121. The van der Waals surface area contributed by atoms with Gasteiger partial charge in [-0.25, -0.2) is 4.90 Å². The summed E-state index contributed by atoms with van der Waals surface area (Å²) in [7, 11) is 0. The van der Waals surface area contributed by atoms with Crippen molar-refractivity contribution >= 4 is 40.7 Å². The molecule has 2 amide bonds. The molecule has 3 aromatic rings. The summed E-state index contributed by atoms with van der Waals surface area (Å²) in [6, 6.07) is 27.7. The highest BCUT2D eigenvalue weighted by molar-refractivity contribution is 6.53. The second kappa shape index (κ2) is 9.63. The molecule has 172 valence electrons. The van der Waals surface area contributed by atoms with Crippen LogP contribution in [0.2, 0.25) is 5.02 Å². The number of anilines is 1. The number of para-hydroxylation sites is 1. The number of amides is 2. The van der Waals surface area contributed by atoms with E-state index in [-0.39, 0.29) is 16.8 Å². The number of nitrogens with zero attached hydrogens (tertiary/aromatic N) is 3. The van der Waals surface area contributed by atoms with Crippen LogP contribution in [-0.4, -0.2) is 47.8 Å². The van der Waals surface area contributed by atoms with Gasteiger partial charge in [0.1, 0.15) is 10.7 Å². The van der Waals surface area contributed by atoms with Crippen molar-refractivity contribution in [3.05, 3.63) is 112 Å². The minimum Gasteiger partial charge on any atom is -0.363 e. The average Bonchev–Trinajstić information content (AvgIpc) is 3.09. The van der Waals surface area contributed by atoms with Gasteiger partial charge in [0.15, 0.2) is 0 Å². The molecule has 34 heavy (non-hydrogen) atoms. The van der Waals surface area contributed by atoms with E-state index in [9.17, 15) is 9.59 Å². The fourth-order valence-corrected chi connectivity index (χ4v) is 5.21. The van der Waals surface area contributed by atoms with Crippen LogP contribution in [-0.2, 0) is 9.59 Å². The summed E-state index contributed by atoms with van der Waals surface area (Å²) in [6.45, 7) is 2.60. The van der Waals surface area contributed by atoms with Crippen molar-refractivity contribution in [2.45, 2.75) is 6.04 Å². The molecular formula is C27H23Cl2N3O2. The second-order valence-electron chi connectivity index (χ2n) is 8.31. The Labute approximate surface area is 208 Å². The molecule has 0 aliphatic carbocycles. The molecule has 1 saturated heterocycles. The minimum absolute atomic E-state index is 0.0546.